The number of rotatable bonds is 6. The van der Waals surface area contributed by atoms with E-state index >= 15 is 0 Å². The van der Waals surface area contributed by atoms with Gasteiger partial charge in [0.15, 0.2) is 0 Å². The van der Waals surface area contributed by atoms with Gasteiger partial charge >= 0.3 is 0 Å². The van der Waals surface area contributed by atoms with E-state index < -0.39 is 0 Å². The minimum atomic E-state index is 0.0846. The number of benzene rings is 1. The van der Waals surface area contributed by atoms with Gasteiger partial charge in [-0.3, -0.25) is 0 Å². The van der Waals surface area contributed by atoms with Crippen LogP contribution in [-0.2, 0) is 0 Å². The summed E-state index contributed by atoms with van der Waals surface area (Å²) in [6, 6.07) is 5.75. The van der Waals surface area contributed by atoms with Gasteiger partial charge in [-0.2, -0.15) is 0 Å². The molecule has 0 heterocycles. The van der Waals surface area contributed by atoms with Crippen LogP contribution >= 0.6 is 11.6 Å². The average molecular weight is 241 g/mol. The summed E-state index contributed by atoms with van der Waals surface area (Å²) in [5.74, 6) is 0.671. The Balaban J connectivity index is 2.84. The molecule has 4 heteroatoms. The van der Waals surface area contributed by atoms with Gasteiger partial charge in [-0.25, -0.2) is 0 Å². The summed E-state index contributed by atoms with van der Waals surface area (Å²) in [5.41, 5.74) is 6.75. The lowest BCUT2D eigenvalue weighted by Gasteiger charge is -2.17. The fourth-order valence-electron chi connectivity index (χ4n) is 1.46. The zero-order chi connectivity index (χ0) is 12.0. The van der Waals surface area contributed by atoms with E-state index in [4.69, 9.17) is 22.1 Å². The van der Waals surface area contributed by atoms with Crippen molar-refractivity contribution in [3.05, 3.63) is 41.4 Å². The van der Waals surface area contributed by atoms with Crippen LogP contribution in [0.1, 0.15) is 11.6 Å². The monoisotopic (exact) mass is 240 g/mol. The number of nitrogens with one attached hydrogen (secondary N) is 1. The lowest BCUT2D eigenvalue weighted by Crippen LogP contribution is -2.28. The molecular formula is C12H17ClN2O. The quantitative estimate of drug-likeness (QED) is 0.749. The number of hydrogen-bond acceptors (Lipinski definition) is 3. The molecule has 0 aromatic heterocycles. The molecule has 0 aliphatic rings. The molecule has 1 aromatic rings. The van der Waals surface area contributed by atoms with E-state index in [9.17, 15) is 0 Å². The molecule has 0 aliphatic heterocycles. The minimum Gasteiger partial charge on any atom is -0.495 e. The summed E-state index contributed by atoms with van der Waals surface area (Å²) in [6.45, 7) is 4.88. The summed E-state index contributed by atoms with van der Waals surface area (Å²) < 4.78 is 5.09. The third-order valence-corrected chi connectivity index (χ3v) is 2.62. The molecule has 0 saturated heterocycles. The maximum atomic E-state index is 6.05. The van der Waals surface area contributed by atoms with Crippen LogP contribution in [0, 0.1) is 0 Å². The van der Waals surface area contributed by atoms with E-state index in [1.807, 2.05) is 18.2 Å². The van der Waals surface area contributed by atoms with Crippen molar-refractivity contribution in [1.29, 1.82) is 0 Å². The fourth-order valence-corrected chi connectivity index (χ4v) is 1.73. The van der Waals surface area contributed by atoms with Crippen LogP contribution in [0.3, 0.4) is 0 Å². The highest BCUT2D eigenvalue weighted by molar-refractivity contribution is 6.32. The van der Waals surface area contributed by atoms with Crippen molar-refractivity contribution in [2.24, 2.45) is 5.73 Å². The smallest absolute Gasteiger partial charge is 0.137 e. The molecule has 0 amide bonds. The number of methoxy groups -OCH3 is 1. The van der Waals surface area contributed by atoms with Crippen molar-refractivity contribution in [2.45, 2.75) is 6.04 Å². The molecule has 0 fully saturated rings. The SMILES string of the molecule is C=CCNC(CN)c1ccc(OC)c(Cl)c1. The predicted molar refractivity (Wildman–Crippen MR) is 68.0 cm³/mol. The Morgan fingerprint density at radius 2 is 2.38 bits per heavy atom. The second-order valence-electron chi connectivity index (χ2n) is 3.38. The van der Waals surface area contributed by atoms with Crippen molar-refractivity contribution >= 4 is 11.6 Å². The Bertz CT molecular complexity index is 355. The molecule has 16 heavy (non-hydrogen) atoms. The largest absolute Gasteiger partial charge is 0.495 e. The normalized spacial score (nSPS) is 12.2. The van der Waals surface area contributed by atoms with Gasteiger partial charge in [-0.05, 0) is 17.7 Å². The Kier molecular flexibility index (Phi) is 5.32. The third-order valence-electron chi connectivity index (χ3n) is 2.32. The summed E-state index contributed by atoms with van der Waals surface area (Å²) in [5, 5.41) is 3.85. The molecule has 1 atom stereocenters. The Hall–Kier alpha value is -1.03. The fraction of sp³-hybridized carbons (Fsp3) is 0.333. The summed E-state index contributed by atoms with van der Waals surface area (Å²) >= 11 is 6.05. The topological polar surface area (TPSA) is 47.3 Å². The van der Waals surface area contributed by atoms with Crippen LogP contribution in [0.5, 0.6) is 5.75 Å². The standard InChI is InChI=1S/C12H17ClN2O/c1-3-6-15-11(8-14)9-4-5-12(16-2)10(13)7-9/h3-5,7,11,15H,1,6,8,14H2,2H3. The van der Waals surface area contributed by atoms with Crippen molar-refractivity contribution in [2.75, 3.05) is 20.2 Å². The number of hydrogen-bond donors (Lipinski definition) is 2. The van der Waals surface area contributed by atoms with Crippen LogP contribution in [0.2, 0.25) is 5.02 Å². The maximum Gasteiger partial charge on any atom is 0.137 e. The Morgan fingerprint density at radius 1 is 1.62 bits per heavy atom. The number of nitrogens with two attached hydrogens (primary N) is 1. The highest BCUT2D eigenvalue weighted by Gasteiger charge is 2.10. The second kappa shape index (κ2) is 6.53. The maximum absolute atomic E-state index is 6.05. The predicted octanol–water partition coefficient (Wildman–Crippen LogP) is 2.12. The first-order chi connectivity index (χ1) is 7.72. The number of halogens is 1. The van der Waals surface area contributed by atoms with Gasteiger partial charge in [0.1, 0.15) is 5.75 Å². The molecule has 1 rings (SSSR count). The van der Waals surface area contributed by atoms with E-state index in [1.54, 1.807) is 13.2 Å². The Morgan fingerprint density at radius 3 is 2.88 bits per heavy atom. The van der Waals surface area contributed by atoms with Crippen LogP contribution < -0.4 is 15.8 Å². The van der Waals surface area contributed by atoms with E-state index in [1.165, 1.54) is 0 Å². The first kappa shape index (κ1) is 13.0. The number of ether oxygens (including phenoxy) is 1. The van der Waals surface area contributed by atoms with Gasteiger partial charge < -0.3 is 15.8 Å². The van der Waals surface area contributed by atoms with Gasteiger partial charge in [-0.1, -0.05) is 23.7 Å². The first-order valence-electron chi connectivity index (χ1n) is 5.10. The first-order valence-corrected chi connectivity index (χ1v) is 5.48. The third kappa shape index (κ3) is 3.23. The van der Waals surface area contributed by atoms with E-state index in [-0.39, 0.29) is 6.04 Å². The van der Waals surface area contributed by atoms with Crippen LogP contribution in [0.4, 0.5) is 0 Å². The summed E-state index contributed by atoms with van der Waals surface area (Å²) in [6.07, 6.45) is 1.80. The molecule has 3 N–H and O–H groups in total. The molecule has 1 unspecified atom stereocenters. The molecule has 0 radical (unpaired) electrons. The molecule has 0 spiro atoms. The second-order valence-corrected chi connectivity index (χ2v) is 3.79. The van der Waals surface area contributed by atoms with Crippen LogP contribution in [-0.4, -0.2) is 20.2 Å². The minimum absolute atomic E-state index is 0.0846. The van der Waals surface area contributed by atoms with E-state index in [0.29, 0.717) is 23.9 Å². The van der Waals surface area contributed by atoms with Crippen molar-refractivity contribution in [1.82, 2.24) is 5.32 Å². The van der Waals surface area contributed by atoms with Gasteiger partial charge in [0.25, 0.3) is 0 Å². The molecular weight excluding hydrogens is 224 g/mol. The average Bonchev–Trinajstić information content (AvgIpc) is 2.30. The van der Waals surface area contributed by atoms with Crippen molar-refractivity contribution in [3.63, 3.8) is 0 Å². The highest BCUT2D eigenvalue weighted by atomic mass is 35.5. The Labute approximate surface area is 101 Å². The highest BCUT2D eigenvalue weighted by Crippen LogP contribution is 2.27. The lowest BCUT2D eigenvalue weighted by atomic mass is 10.1. The molecule has 88 valence electrons. The lowest BCUT2D eigenvalue weighted by molar-refractivity contribution is 0.414. The van der Waals surface area contributed by atoms with Gasteiger partial charge in [0, 0.05) is 19.1 Å². The van der Waals surface area contributed by atoms with Gasteiger partial charge in [0.05, 0.1) is 12.1 Å². The molecule has 3 nitrogen and oxygen atoms in total. The molecule has 0 bridgehead atoms. The van der Waals surface area contributed by atoms with E-state index in [0.717, 1.165) is 5.56 Å². The molecule has 0 aliphatic carbocycles. The van der Waals surface area contributed by atoms with Gasteiger partial charge in [-0.15, -0.1) is 6.58 Å². The zero-order valence-corrected chi connectivity index (χ0v) is 10.1. The summed E-state index contributed by atoms with van der Waals surface area (Å²) in [7, 11) is 1.59. The van der Waals surface area contributed by atoms with Crippen LogP contribution in [0.15, 0.2) is 30.9 Å². The van der Waals surface area contributed by atoms with Crippen molar-refractivity contribution in [3.8, 4) is 5.75 Å². The van der Waals surface area contributed by atoms with E-state index in [2.05, 4.69) is 11.9 Å². The van der Waals surface area contributed by atoms with Gasteiger partial charge in [0.2, 0.25) is 0 Å². The summed E-state index contributed by atoms with van der Waals surface area (Å²) in [4.78, 5) is 0. The van der Waals surface area contributed by atoms with Crippen molar-refractivity contribution < 1.29 is 4.74 Å². The molecule has 1 aromatic carbocycles. The zero-order valence-electron chi connectivity index (χ0n) is 9.37. The molecule has 0 saturated carbocycles. The van der Waals surface area contributed by atoms with Crippen LogP contribution in [0.25, 0.3) is 0 Å².